The molecule has 5 heteroatoms. The molecule has 1 aromatic carbocycles. The minimum atomic E-state index is -0.161. The van der Waals surface area contributed by atoms with Crippen molar-refractivity contribution in [3.63, 3.8) is 0 Å². The van der Waals surface area contributed by atoms with E-state index in [1.54, 1.807) is 7.11 Å². The summed E-state index contributed by atoms with van der Waals surface area (Å²) in [5.74, 6) is 2.15. The third-order valence-corrected chi connectivity index (χ3v) is 7.32. The number of hydrogen-bond acceptors (Lipinski definition) is 5. The normalized spacial score (nSPS) is 36.9. The van der Waals surface area contributed by atoms with Gasteiger partial charge in [-0.15, -0.1) is 0 Å². The van der Waals surface area contributed by atoms with Gasteiger partial charge in [0, 0.05) is 23.4 Å². The van der Waals surface area contributed by atoms with E-state index in [1.807, 2.05) is 13.0 Å². The molecule has 4 aliphatic rings. The SMILES string of the molecule is CCC(=O)O[C@H]1CC[C@H]2[C@H]3Cc4ccc(OC)c5c4[C@@]2(CCN3C)[C@H]1O5. The Bertz CT molecular complexity index is 763. The van der Waals surface area contributed by atoms with E-state index in [0.717, 1.165) is 43.7 Å². The molecule has 1 saturated carbocycles. The fourth-order valence-electron chi connectivity index (χ4n) is 6.21. The van der Waals surface area contributed by atoms with Crippen molar-refractivity contribution in [3.05, 3.63) is 23.3 Å². The van der Waals surface area contributed by atoms with Crippen LogP contribution >= 0.6 is 0 Å². The quantitative estimate of drug-likeness (QED) is 0.779. The topological polar surface area (TPSA) is 48.0 Å². The minimum absolute atomic E-state index is 0.0361. The Morgan fingerprint density at radius 3 is 3.00 bits per heavy atom. The number of ether oxygens (including phenoxy) is 3. The molecular weight excluding hydrogens is 330 g/mol. The average molecular weight is 357 g/mol. The van der Waals surface area contributed by atoms with Gasteiger partial charge in [-0.25, -0.2) is 0 Å². The largest absolute Gasteiger partial charge is 0.493 e. The molecule has 1 aromatic rings. The van der Waals surface area contributed by atoms with Crippen LogP contribution in [0.5, 0.6) is 11.5 Å². The van der Waals surface area contributed by atoms with Crippen molar-refractivity contribution in [1.29, 1.82) is 0 Å². The maximum absolute atomic E-state index is 12.0. The van der Waals surface area contributed by atoms with Crippen LogP contribution in [0.15, 0.2) is 12.1 Å². The molecule has 5 nitrogen and oxygen atoms in total. The standard InChI is InChI=1S/C21H27NO4/c1-4-17(23)25-16-8-6-13-14-11-12-5-7-15(24-3)19-18(12)21(13,20(16)26-19)9-10-22(14)2/h5,7,13-14,16,20H,4,6,8-11H2,1-3H3/t13-,14+,16-,20-,21-/m0/s1. The van der Waals surface area contributed by atoms with E-state index < -0.39 is 0 Å². The molecule has 2 heterocycles. The van der Waals surface area contributed by atoms with Crippen molar-refractivity contribution in [2.75, 3.05) is 20.7 Å². The fourth-order valence-corrected chi connectivity index (χ4v) is 6.21. The number of esters is 1. The number of piperidine rings is 1. The van der Waals surface area contributed by atoms with Gasteiger partial charge in [-0.1, -0.05) is 13.0 Å². The summed E-state index contributed by atoms with van der Waals surface area (Å²) in [6, 6.07) is 4.80. The molecular formula is C21H27NO4. The van der Waals surface area contributed by atoms with E-state index in [0.29, 0.717) is 18.4 Å². The van der Waals surface area contributed by atoms with Gasteiger partial charge in [0.25, 0.3) is 0 Å². The lowest BCUT2D eigenvalue weighted by Gasteiger charge is -2.58. The first-order valence-electron chi connectivity index (χ1n) is 9.87. The summed E-state index contributed by atoms with van der Waals surface area (Å²) in [7, 11) is 3.95. The van der Waals surface area contributed by atoms with Crippen molar-refractivity contribution in [2.24, 2.45) is 5.92 Å². The third kappa shape index (κ3) is 1.92. The van der Waals surface area contributed by atoms with Crippen LogP contribution in [0.1, 0.15) is 43.7 Å². The van der Waals surface area contributed by atoms with Gasteiger partial charge >= 0.3 is 5.97 Å². The summed E-state index contributed by atoms with van der Waals surface area (Å²) in [5, 5.41) is 0. The number of hydrogen-bond donors (Lipinski definition) is 0. The average Bonchev–Trinajstić information content (AvgIpc) is 3.00. The summed E-state index contributed by atoms with van der Waals surface area (Å²) in [5.41, 5.74) is 2.71. The predicted octanol–water partition coefficient (Wildman–Crippen LogP) is 2.69. The van der Waals surface area contributed by atoms with Crippen molar-refractivity contribution in [2.45, 2.75) is 62.7 Å². The van der Waals surface area contributed by atoms with Gasteiger partial charge in [0.05, 0.1) is 7.11 Å². The molecule has 1 saturated heterocycles. The Kier molecular flexibility index (Phi) is 3.55. The van der Waals surface area contributed by atoms with Gasteiger partial charge in [-0.2, -0.15) is 0 Å². The number of carbonyl (C=O) groups excluding carboxylic acids is 1. The lowest BCUT2D eigenvalue weighted by atomic mass is 9.51. The van der Waals surface area contributed by atoms with E-state index in [-0.39, 0.29) is 23.6 Å². The van der Waals surface area contributed by atoms with E-state index in [9.17, 15) is 4.79 Å². The molecule has 140 valence electrons. The number of carbonyl (C=O) groups is 1. The van der Waals surface area contributed by atoms with Crippen molar-refractivity contribution >= 4 is 5.97 Å². The van der Waals surface area contributed by atoms with E-state index in [2.05, 4.69) is 18.0 Å². The minimum Gasteiger partial charge on any atom is -0.493 e. The maximum atomic E-state index is 12.0. The van der Waals surface area contributed by atoms with Crippen LogP contribution < -0.4 is 9.47 Å². The Labute approximate surface area is 154 Å². The number of methoxy groups -OCH3 is 1. The molecule has 0 radical (unpaired) electrons. The zero-order chi connectivity index (χ0) is 18.1. The number of benzene rings is 1. The second kappa shape index (κ2) is 5.62. The molecule has 2 fully saturated rings. The van der Waals surface area contributed by atoms with Gasteiger partial charge in [-0.05, 0) is 56.8 Å². The van der Waals surface area contributed by atoms with Gasteiger partial charge in [0.2, 0.25) is 0 Å². The van der Waals surface area contributed by atoms with Crippen LogP contribution in [0, 0.1) is 5.92 Å². The lowest BCUT2D eigenvalue weighted by molar-refractivity contribution is -0.165. The Morgan fingerprint density at radius 2 is 2.23 bits per heavy atom. The molecule has 0 N–H and O–H groups in total. The highest BCUT2D eigenvalue weighted by Gasteiger charge is 2.66. The molecule has 0 aromatic heterocycles. The van der Waals surface area contributed by atoms with Gasteiger partial charge < -0.3 is 19.1 Å². The monoisotopic (exact) mass is 357 g/mol. The number of nitrogens with zero attached hydrogens (tertiary/aromatic N) is 1. The first-order valence-corrected chi connectivity index (χ1v) is 9.87. The van der Waals surface area contributed by atoms with Crippen molar-refractivity contribution in [1.82, 2.24) is 4.90 Å². The Balaban J connectivity index is 1.67. The third-order valence-electron chi connectivity index (χ3n) is 7.32. The molecule has 0 amide bonds. The number of rotatable bonds is 3. The van der Waals surface area contributed by atoms with E-state index in [1.165, 1.54) is 11.1 Å². The summed E-state index contributed by atoms with van der Waals surface area (Å²) in [4.78, 5) is 14.6. The lowest BCUT2D eigenvalue weighted by Crippen LogP contribution is -2.66. The molecule has 1 spiro atoms. The van der Waals surface area contributed by atoms with Crippen LogP contribution in [0.3, 0.4) is 0 Å². The van der Waals surface area contributed by atoms with Crippen molar-refractivity contribution < 1.29 is 19.0 Å². The van der Waals surface area contributed by atoms with Crippen LogP contribution in [-0.4, -0.2) is 49.8 Å². The first-order chi connectivity index (χ1) is 12.6. The smallest absolute Gasteiger partial charge is 0.305 e. The number of likely N-dealkylation sites (tertiary alicyclic amines) is 1. The molecule has 5 atom stereocenters. The Morgan fingerprint density at radius 1 is 1.38 bits per heavy atom. The highest BCUT2D eigenvalue weighted by molar-refractivity contribution is 5.69. The molecule has 0 unspecified atom stereocenters. The molecule has 2 aliphatic carbocycles. The van der Waals surface area contributed by atoms with Gasteiger partial charge in [-0.3, -0.25) is 4.79 Å². The fraction of sp³-hybridized carbons (Fsp3) is 0.667. The summed E-state index contributed by atoms with van der Waals surface area (Å²) in [6.45, 7) is 2.91. The molecule has 2 bridgehead atoms. The van der Waals surface area contributed by atoms with Crippen LogP contribution in [-0.2, 0) is 21.4 Å². The van der Waals surface area contributed by atoms with Crippen LogP contribution in [0.4, 0.5) is 0 Å². The highest BCUT2D eigenvalue weighted by atomic mass is 16.6. The Hall–Kier alpha value is -1.75. The van der Waals surface area contributed by atoms with E-state index in [4.69, 9.17) is 14.2 Å². The van der Waals surface area contributed by atoms with Crippen molar-refractivity contribution in [3.8, 4) is 11.5 Å². The zero-order valence-corrected chi connectivity index (χ0v) is 15.8. The van der Waals surface area contributed by atoms with Crippen LogP contribution in [0.25, 0.3) is 0 Å². The molecule has 5 rings (SSSR count). The van der Waals surface area contributed by atoms with Gasteiger partial charge in [0.15, 0.2) is 11.5 Å². The second-order valence-corrected chi connectivity index (χ2v) is 8.28. The predicted molar refractivity (Wildman–Crippen MR) is 96.7 cm³/mol. The van der Waals surface area contributed by atoms with E-state index >= 15 is 0 Å². The molecule has 26 heavy (non-hydrogen) atoms. The van der Waals surface area contributed by atoms with Gasteiger partial charge in [0.1, 0.15) is 12.2 Å². The summed E-state index contributed by atoms with van der Waals surface area (Å²) in [6.07, 6.45) is 4.27. The maximum Gasteiger partial charge on any atom is 0.305 e. The highest BCUT2D eigenvalue weighted by Crippen LogP contribution is 2.64. The number of likely N-dealkylation sites (N-methyl/N-ethyl adjacent to an activating group) is 1. The second-order valence-electron chi connectivity index (χ2n) is 8.28. The first kappa shape index (κ1) is 16.4. The zero-order valence-electron chi connectivity index (χ0n) is 15.8. The molecule has 2 aliphatic heterocycles. The van der Waals surface area contributed by atoms with Crippen LogP contribution in [0.2, 0.25) is 0 Å². The summed E-state index contributed by atoms with van der Waals surface area (Å²) >= 11 is 0. The summed E-state index contributed by atoms with van der Waals surface area (Å²) < 4.78 is 18.1.